The molecule has 2 aromatic heterocycles. The van der Waals surface area contributed by atoms with Crippen LogP contribution in [-0.2, 0) is 11.3 Å². The molecule has 4 rings (SSSR count). The predicted molar refractivity (Wildman–Crippen MR) is 93.1 cm³/mol. The number of para-hydroxylation sites is 2. The predicted octanol–water partition coefficient (Wildman–Crippen LogP) is 1.46. The molecule has 1 amide bonds. The average molecular weight is 337 g/mol. The zero-order chi connectivity index (χ0) is 17.2. The minimum Gasteiger partial charge on any atom is -0.339 e. The molecule has 25 heavy (non-hydrogen) atoms. The summed E-state index contributed by atoms with van der Waals surface area (Å²) in [6, 6.07) is 9.45. The maximum absolute atomic E-state index is 12.8. The van der Waals surface area contributed by atoms with Crippen molar-refractivity contribution in [3.05, 3.63) is 59.3 Å². The number of carbonyl (C=O) groups is 1. The van der Waals surface area contributed by atoms with E-state index in [9.17, 15) is 9.59 Å². The Bertz CT molecular complexity index is 948. The summed E-state index contributed by atoms with van der Waals surface area (Å²) < 4.78 is 3.41. The van der Waals surface area contributed by atoms with Crippen molar-refractivity contribution in [2.45, 2.75) is 25.4 Å². The number of rotatable bonds is 3. The maximum atomic E-state index is 12.8. The van der Waals surface area contributed by atoms with Crippen molar-refractivity contribution in [1.82, 2.24) is 24.2 Å². The number of carbonyl (C=O) groups excluding carboxylic acids is 1. The van der Waals surface area contributed by atoms with Crippen molar-refractivity contribution < 1.29 is 4.79 Å². The summed E-state index contributed by atoms with van der Waals surface area (Å²) in [5, 5.41) is 4.29. The molecule has 0 N–H and O–H groups in total. The van der Waals surface area contributed by atoms with Crippen LogP contribution >= 0.6 is 0 Å². The van der Waals surface area contributed by atoms with Gasteiger partial charge < -0.3 is 4.90 Å². The van der Waals surface area contributed by atoms with Crippen molar-refractivity contribution in [3.63, 3.8) is 0 Å². The Labute approximate surface area is 144 Å². The van der Waals surface area contributed by atoms with Crippen molar-refractivity contribution in [2.24, 2.45) is 0 Å². The second-order valence-corrected chi connectivity index (χ2v) is 6.29. The summed E-state index contributed by atoms with van der Waals surface area (Å²) in [4.78, 5) is 31.0. The minimum absolute atomic E-state index is 0.0354. The maximum Gasteiger partial charge on any atom is 0.269 e. The number of fused-ring (bicyclic) bond motifs is 1. The molecule has 1 aromatic carbocycles. The van der Waals surface area contributed by atoms with Gasteiger partial charge in [0.05, 0.1) is 23.3 Å². The number of nitrogens with zero attached hydrogens (tertiary/aromatic N) is 5. The van der Waals surface area contributed by atoms with Gasteiger partial charge in [0.2, 0.25) is 5.91 Å². The zero-order valence-corrected chi connectivity index (χ0v) is 13.8. The lowest BCUT2D eigenvalue weighted by Gasteiger charge is -2.33. The van der Waals surface area contributed by atoms with Gasteiger partial charge in [-0.05, 0) is 31.0 Å². The van der Waals surface area contributed by atoms with E-state index in [1.807, 2.05) is 46.1 Å². The number of likely N-dealkylation sites (tertiary alicyclic amines) is 1. The molecule has 0 spiro atoms. The van der Waals surface area contributed by atoms with Crippen LogP contribution in [0.2, 0.25) is 0 Å². The molecule has 0 radical (unpaired) electrons. The molecule has 1 atom stereocenters. The van der Waals surface area contributed by atoms with E-state index in [2.05, 4.69) is 10.1 Å². The highest BCUT2D eigenvalue weighted by Gasteiger charge is 2.25. The Balaban J connectivity index is 1.56. The largest absolute Gasteiger partial charge is 0.339 e. The summed E-state index contributed by atoms with van der Waals surface area (Å²) in [5.74, 6) is -0.0460. The Morgan fingerprint density at radius 3 is 2.96 bits per heavy atom. The van der Waals surface area contributed by atoms with Crippen LogP contribution in [0.5, 0.6) is 0 Å². The highest BCUT2D eigenvalue weighted by atomic mass is 16.2. The molecule has 3 heterocycles. The lowest BCUT2D eigenvalue weighted by molar-refractivity contribution is -0.133. The van der Waals surface area contributed by atoms with E-state index in [4.69, 9.17) is 0 Å². The molecule has 128 valence electrons. The second kappa shape index (κ2) is 6.51. The lowest BCUT2D eigenvalue weighted by atomic mass is 10.1. The van der Waals surface area contributed by atoms with Gasteiger partial charge in [0.25, 0.3) is 5.56 Å². The van der Waals surface area contributed by atoms with Gasteiger partial charge in [0, 0.05) is 25.5 Å². The van der Waals surface area contributed by atoms with E-state index in [0.717, 1.165) is 12.8 Å². The van der Waals surface area contributed by atoms with E-state index in [1.54, 1.807) is 6.20 Å². The summed E-state index contributed by atoms with van der Waals surface area (Å²) >= 11 is 0. The van der Waals surface area contributed by atoms with Crippen LogP contribution in [0.3, 0.4) is 0 Å². The fraction of sp³-hybridized carbons (Fsp3) is 0.333. The molecule has 3 aromatic rings. The van der Waals surface area contributed by atoms with Crippen LogP contribution in [0.15, 0.2) is 53.7 Å². The Hall–Kier alpha value is -2.96. The third-order valence-electron chi connectivity index (χ3n) is 4.69. The third-order valence-corrected chi connectivity index (χ3v) is 4.69. The molecule has 1 aliphatic heterocycles. The van der Waals surface area contributed by atoms with Crippen LogP contribution < -0.4 is 5.56 Å². The summed E-state index contributed by atoms with van der Waals surface area (Å²) in [6.45, 7) is 1.38. The molecule has 7 heteroatoms. The van der Waals surface area contributed by atoms with Gasteiger partial charge in [-0.15, -0.1) is 0 Å². The normalized spacial score (nSPS) is 17.8. The van der Waals surface area contributed by atoms with Crippen molar-refractivity contribution in [2.75, 3.05) is 13.1 Å². The van der Waals surface area contributed by atoms with E-state index in [1.165, 1.54) is 10.8 Å². The van der Waals surface area contributed by atoms with Crippen molar-refractivity contribution >= 4 is 16.9 Å². The van der Waals surface area contributed by atoms with Crippen molar-refractivity contribution in [1.29, 1.82) is 0 Å². The monoisotopic (exact) mass is 337 g/mol. The molecule has 1 unspecified atom stereocenters. The summed E-state index contributed by atoms with van der Waals surface area (Å²) in [5.41, 5.74) is 1.14. The first kappa shape index (κ1) is 15.6. The number of piperidine rings is 1. The van der Waals surface area contributed by atoms with Gasteiger partial charge in [-0.3, -0.25) is 18.8 Å². The van der Waals surface area contributed by atoms with Crippen LogP contribution in [0.4, 0.5) is 0 Å². The van der Waals surface area contributed by atoms with E-state index in [-0.39, 0.29) is 24.1 Å². The Morgan fingerprint density at radius 2 is 2.12 bits per heavy atom. The summed E-state index contributed by atoms with van der Waals surface area (Å²) in [6.07, 6.45) is 6.90. The number of hydrogen-bond donors (Lipinski definition) is 0. The lowest BCUT2D eigenvalue weighted by Crippen LogP contribution is -2.43. The fourth-order valence-electron chi connectivity index (χ4n) is 3.41. The smallest absolute Gasteiger partial charge is 0.269 e. The van der Waals surface area contributed by atoms with E-state index >= 15 is 0 Å². The first-order valence-electron chi connectivity index (χ1n) is 8.44. The number of amides is 1. The fourth-order valence-corrected chi connectivity index (χ4v) is 3.41. The van der Waals surface area contributed by atoms with E-state index < -0.39 is 0 Å². The molecular weight excluding hydrogens is 318 g/mol. The van der Waals surface area contributed by atoms with Gasteiger partial charge in [-0.2, -0.15) is 5.10 Å². The minimum atomic E-state index is -0.257. The first-order valence-corrected chi connectivity index (χ1v) is 8.44. The SMILES string of the molecule is O=C(Cn1c(=O)cnc2ccccc21)N1CCCC(n2cccn2)C1. The standard InChI is InChI=1S/C18H19N5O2/c24-17-11-19-15-6-1-2-7-16(15)22(17)13-18(25)21-9-3-5-14(12-21)23-10-4-8-20-23/h1-2,4,6-8,10-11,14H,3,5,9,12-13H2. The van der Waals surface area contributed by atoms with Crippen LogP contribution in [0.25, 0.3) is 11.0 Å². The first-order chi connectivity index (χ1) is 12.2. The summed E-state index contributed by atoms with van der Waals surface area (Å²) in [7, 11) is 0. The van der Waals surface area contributed by atoms with Crippen LogP contribution in [0, 0.1) is 0 Å². The van der Waals surface area contributed by atoms with Gasteiger partial charge in [0.15, 0.2) is 0 Å². The highest BCUT2D eigenvalue weighted by Crippen LogP contribution is 2.21. The van der Waals surface area contributed by atoms with Crippen LogP contribution in [-0.4, -0.2) is 43.2 Å². The molecule has 0 saturated carbocycles. The van der Waals surface area contributed by atoms with Gasteiger partial charge in [0.1, 0.15) is 6.54 Å². The molecule has 1 saturated heterocycles. The molecule has 0 aliphatic carbocycles. The topological polar surface area (TPSA) is 73.0 Å². The molecular formula is C18H19N5O2. The molecule has 7 nitrogen and oxygen atoms in total. The van der Waals surface area contributed by atoms with Gasteiger partial charge >= 0.3 is 0 Å². The second-order valence-electron chi connectivity index (χ2n) is 6.29. The molecule has 1 aliphatic rings. The molecule has 0 bridgehead atoms. The zero-order valence-electron chi connectivity index (χ0n) is 13.8. The number of aromatic nitrogens is 4. The Morgan fingerprint density at radius 1 is 1.24 bits per heavy atom. The van der Waals surface area contributed by atoms with Crippen molar-refractivity contribution in [3.8, 4) is 0 Å². The molecule has 1 fully saturated rings. The average Bonchev–Trinajstić information content (AvgIpc) is 3.19. The highest BCUT2D eigenvalue weighted by molar-refractivity contribution is 5.80. The quantitative estimate of drug-likeness (QED) is 0.725. The Kier molecular flexibility index (Phi) is 4.05. The number of hydrogen-bond acceptors (Lipinski definition) is 4. The van der Waals surface area contributed by atoms with Gasteiger partial charge in [-0.25, -0.2) is 4.98 Å². The van der Waals surface area contributed by atoms with Gasteiger partial charge in [-0.1, -0.05) is 12.1 Å². The third kappa shape index (κ3) is 3.05. The van der Waals surface area contributed by atoms with E-state index in [0.29, 0.717) is 24.1 Å². The number of benzene rings is 1. The van der Waals surface area contributed by atoms with Crippen LogP contribution in [0.1, 0.15) is 18.9 Å².